The van der Waals surface area contributed by atoms with Crippen molar-refractivity contribution in [2.75, 3.05) is 0 Å². The topological polar surface area (TPSA) is 49.3 Å². The second-order valence-electron chi connectivity index (χ2n) is 2.58. The summed E-state index contributed by atoms with van der Waals surface area (Å²) in [7, 11) is 0. The Morgan fingerprint density at radius 3 is 2.45 bits per heavy atom. The van der Waals surface area contributed by atoms with Gasteiger partial charge in [0.2, 0.25) is 0 Å². The van der Waals surface area contributed by atoms with E-state index < -0.39 is 24.5 Å². The van der Waals surface area contributed by atoms with Crippen LogP contribution in [0, 0.1) is 0 Å². The average molecular weight is 165 g/mol. The molecule has 0 amide bonds. The van der Waals surface area contributed by atoms with Crippen LogP contribution in [0.25, 0.3) is 0 Å². The van der Waals surface area contributed by atoms with Crippen LogP contribution in [0.1, 0.15) is 12.8 Å². The molecule has 1 heterocycles. The minimum Gasteiger partial charge on any atom is -0.480 e. The highest BCUT2D eigenvalue weighted by molar-refractivity contribution is 5.73. The van der Waals surface area contributed by atoms with Crippen LogP contribution >= 0.6 is 0 Å². The van der Waals surface area contributed by atoms with Crippen LogP contribution in [0.15, 0.2) is 0 Å². The van der Waals surface area contributed by atoms with Crippen LogP contribution in [0.2, 0.25) is 0 Å². The predicted molar refractivity (Wildman–Crippen MR) is 33.6 cm³/mol. The molecular formula is C6H9F2NO2. The maximum Gasteiger partial charge on any atom is 0.320 e. The summed E-state index contributed by atoms with van der Waals surface area (Å²) in [6.45, 7) is 0. The lowest BCUT2D eigenvalue weighted by atomic mass is 10.2. The van der Waals surface area contributed by atoms with E-state index in [4.69, 9.17) is 5.11 Å². The summed E-state index contributed by atoms with van der Waals surface area (Å²) in [5.74, 6) is -1.05. The van der Waals surface area contributed by atoms with Crippen LogP contribution in [-0.2, 0) is 4.79 Å². The number of nitrogens with one attached hydrogen (secondary N) is 1. The van der Waals surface area contributed by atoms with Crippen molar-refractivity contribution in [1.29, 1.82) is 0 Å². The Balaban J connectivity index is 2.41. The van der Waals surface area contributed by atoms with E-state index in [1.807, 2.05) is 0 Å². The molecule has 0 radical (unpaired) electrons. The molecule has 0 aromatic rings. The first-order valence-electron chi connectivity index (χ1n) is 3.38. The molecule has 0 bridgehead atoms. The van der Waals surface area contributed by atoms with E-state index >= 15 is 0 Å². The van der Waals surface area contributed by atoms with Crippen LogP contribution in [0.4, 0.5) is 8.78 Å². The van der Waals surface area contributed by atoms with E-state index in [2.05, 4.69) is 5.32 Å². The van der Waals surface area contributed by atoms with Gasteiger partial charge >= 0.3 is 5.97 Å². The summed E-state index contributed by atoms with van der Waals surface area (Å²) in [5.41, 5.74) is 0. The van der Waals surface area contributed by atoms with E-state index in [9.17, 15) is 13.6 Å². The molecule has 1 aliphatic rings. The molecule has 2 N–H and O–H groups in total. The van der Waals surface area contributed by atoms with Gasteiger partial charge in [-0.05, 0) is 12.8 Å². The smallest absolute Gasteiger partial charge is 0.320 e. The molecule has 1 saturated heterocycles. The second kappa shape index (κ2) is 3.13. The largest absolute Gasteiger partial charge is 0.480 e. The SMILES string of the molecule is O=C(O)[C@H]1CC[C@@H](C(F)F)N1. The summed E-state index contributed by atoms with van der Waals surface area (Å²) >= 11 is 0. The zero-order chi connectivity index (χ0) is 8.43. The average Bonchev–Trinajstić information content (AvgIpc) is 2.33. The van der Waals surface area contributed by atoms with Gasteiger partial charge in [-0.3, -0.25) is 10.1 Å². The Morgan fingerprint density at radius 2 is 2.18 bits per heavy atom. The zero-order valence-corrected chi connectivity index (χ0v) is 5.76. The molecule has 0 saturated carbocycles. The molecule has 1 rings (SSSR count). The van der Waals surface area contributed by atoms with Gasteiger partial charge in [0.15, 0.2) is 0 Å². The normalized spacial score (nSPS) is 31.2. The second-order valence-corrected chi connectivity index (χ2v) is 2.58. The van der Waals surface area contributed by atoms with Crippen molar-refractivity contribution < 1.29 is 18.7 Å². The number of carboxylic acid groups (broad SMARTS) is 1. The van der Waals surface area contributed by atoms with Gasteiger partial charge in [0.25, 0.3) is 6.43 Å². The van der Waals surface area contributed by atoms with Gasteiger partial charge in [0.05, 0.1) is 6.04 Å². The van der Waals surface area contributed by atoms with Crippen LogP contribution in [-0.4, -0.2) is 29.6 Å². The highest BCUT2D eigenvalue weighted by Crippen LogP contribution is 2.17. The molecule has 0 aromatic carbocycles. The fraction of sp³-hybridized carbons (Fsp3) is 0.833. The molecule has 1 fully saturated rings. The first-order chi connectivity index (χ1) is 5.11. The fourth-order valence-electron chi connectivity index (χ4n) is 1.16. The molecule has 3 nitrogen and oxygen atoms in total. The molecule has 64 valence electrons. The quantitative estimate of drug-likeness (QED) is 0.624. The van der Waals surface area contributed by atoms with Crippen molar-refractivity contribution in [3.63, 3.8) is 0 Å². The summed E-state index contributed by atoms with van der Waals surface area (Å²) < 4.78 is 23.8. The minimum atomic E-state index is -2.46. The third kappa shape index (κ3) is 1.86. The van der Waals surface area contributed by atoms with E-state index in [0.29, 0.717) is 6.42 Å². The van der Waals surface area contributed by atoms with Crippen LogP contribution in [0.5, 0.6) is 0 Å². The summed E-state index contributed by atoms with van der Waals surface area (Å²) in [6.07, 6.45) is -1.92. The Hall–Kier alpha value is -0.710. The minimum absolute atomic E-state index is 0.245. The summed E-state index contributed by atoms with van der Waals surface area (Å²) in [5, 5.41) is 10.7. The molecule has 0 aliphatic carbocycles. The number of aliphatic carboxylic acids is 1. The third-order valence-corrected chi connectivity index (χ3v) is 1.78. The maximum atomic E-state index is 11.9. The van der Waals surface area contributed by atoms with Crippen molar-refractivity contribution >= 4 is 5.97 Å². The Labute approximate surface area is 62.4 Å². The van der Waals surface area contributed by atoms with E-state index in [1.165, 1.54) is 0 Å². The monoisotopic (exact) mass is 165 g/mol. The van der Waals surface area contributed by atoms with Gasteiger partial charge in [-0.1, -0.05) is 0 Å². The maximum absolute atomic E-state index is 11.9. The Morgan fingerprint density at radius 1 is 1.55 bits per heavy atom. The number of hydrogen-bond donors (Lipinski definition) is 2. The molecule has 0 unspecified atom stereocenters. The first-order valence-corrected chi connectivity index (χ1v) is 3.38. The standard InChI is InChI=1S/C6H9F2NO2/c7-5(8)3-1-2-4(9-3)6(10)11/h3-5,9H,1-2H2,(H,10,11)/t3-,4+/m0/s1. The molecule has 2 atom stereocenters. The number of halogens is 2. The molecule has 1 aliphatic heterocycles. The molecule has 0 spiro atoms. The zero-order valence-electron chi connectivity index (χ0n) is 5.76. The lowest BCUT2D eigenvalue weighted by molar-refractivity contribution is -0.139. The van der Waals surface area contributed by atoms with Gasteiger partial charge in [-0.15, -0.1) is 0 Å². The van der Waals surface area contributed by atoms with Gasteiger partial charge in [-0.2, -0.15) is 0 Å². The molecule has 5 heteroatoms. The fourth-order valence-corrected chi connectivity index (χ4v) is 1.16. The molecule has 11 heavy (non-hydrogen) atoms. The Bertz CT molecular complexity index is 163. The van der Waals surface area contributed by atoms with Crippen molar-refractivity contribution in [2.45, 2.75) is 31.4 Å². The van der Waals surface area contributed by atoms with E-state index in [0.717, 1.165) is 0 Å². The van der Waals surface area contributed by atoms with E-state index in [-0.39, 0.29) is 6.42 Å². The molecule has 0 aromatic heterocycles. The number of alkyl halides is 2. The van der Waals surface area contributed by atoms with Crippen LogP contribution in [0.3, 0.4) is 0 Å². The third-order valence-electron chi connectivity index (χ3n) is 1.78. The van der Waals surface area contributed by atoms with Gasteiger partial charge in [0.1, 0.15) is 6.04 Å². The summed E-state index contributed by atoms with van der Waals surface area (Å²) in [4.78, 5) is 10.3. The first kappa shape index (κ1) is 8.39. The number of carbonyl (C=O) groups is 1. The number of rotatable bonds is 2. The van der Waals surface area contributed by atoms with Gasteiger partial charge in [-0.25, -0.2) is 8.78 Å². The lowest BCUT2D eigenvalue weighted by Gasteiger charge is -2.09. The van der Waals surface area contributed by atoms with Crippen LogP contribution < -0.4 is 5.32 Å². The van der Waals surface area contributed by atoms with E-state index in [1.54, 1.807) is 0 Å². The Kier molecular flexibility index (Phi) is 2.38. The van der Waals surface area contributed by atoms with Gasteiger partial charge in [0, 0.05) is 0 Å². The number of hydrogen-bond acceptors (Lipinski definition) is 2. The predicted octanol–water partition coefficient (Wildman–Crippen LogP) is 0.457. The van der Waals surface area contributed by atoms with Gasteiger partial charge < -0.3 is 5.11 Å². The van der Waals surface area contributed by atoms with Crippen molar-refractivity contribution in [3.8, 4) is 0 Å². The lowest BCUT2D eigenvalue weighted by Crippen LogP contribution is -2.38. The number of carboxylic acids is 1. The molecular weight excluding hydrogens is 156 g/mol. The highest BCUT2D eigenvalue weighted by Gasteiger charge is 2.33. The van der Waals surface area contributed by atoms with Crippen molar-refractivity contribution in [3.05, 3.63) is 0 Å². The van der Waals surface area contributed by atoms with Crippen molar-refractivity contribution in [2.24, 2.45) is 0 Å². The van der Waals surface area contributed by atoms with Crippen molar-refractivity contribution in [1.82, 2.24) is 5.32 Å². The highest BCUT2D eigenvalue weighted by atomic mass is 19.3. The summed E-state index contributed by atoms with van der Waals surface area (Å²) in [6, 6.07) is -1.72.